The molecule has 10 heteroatoms. The number of hydrogen-bond acceptors (Lipinski definition) is 4. The summed E-state index contributed by atoms with van der Waals surface area (Å²) < 4.78 is 0. The molecule has 0 atom stereocenters. The van der Waals surface area contributed by atoms with Gasteiger partial charge in [-0.3, -0.25) is 9.98 Å². The van der Waals surface area contributed by atoms with Crippen molar-refractivity contribution in [2.75, 3.05) is 10.6 Å². The maximum absolute atomic E-state index is 5.14. The van der Waals surface area contributed by atoms with E-state index in [1.807, 2.05) is 194 Å². The van der Waals surface area contributed by atoms with Crippen LogP contribution in [0.25, 0.3) is 0 Å². The van der Waals surface area contributed by atoms with E-state index in [1.165, 1.54) is 21.2 Å². The molecule has 0 spiro atoms. The molecule has 334 valence electrons. The number of anilines is 2. The Bertz CT molecular complexity index is 2240. The predicted octanol–water partition coefficient (Wildman–Crippen LogP) is 13.1. The van der Waals surface area contributed by atoms with Gasteiger partial charge in [0.1, 0.15) is 0 Å². The van der Waals surface area contributed by atoms with E-state index in [0.29, 0.717) is 10.3 Å². The molecule has 2 radical (unpaired) electrons. The van der Waals surface area contributed by atoms with E-state index in [-0.39, 0.29) is 44.8 Å². The molecule has 64 heavy (non-hydrogen) atoms. The largest absolute Gasteiger partial charge is 0.742 e. The molecule has 0 aliphatic carbocycles. The Morgan fingerprint density at radius 3 is 0.719 bits per heavy atom. The van der Waals surface area contributed by atoms with Crippen molar-refractivity contribution >= 4 is 94.1 Å². The number of para-hydroxylation sites is 4. The van der Waals surface area contributed by atoms with Crippen LogP contribution in [0.4, 0.5) is 22.7 Å². The summed E-state index contributed by atoms with van der Waals surface area (Å²) in [6.45, 7) is 17.2. The molecular formula is C54H50Au2N4P2S2-4. The number of rotatable bonds is 8. The van der Waals surface area contributed by atoms with Crippen LogP contribution in [0.1, 0.15) is 0 Å². The van der Waals surface area contributed by atoms with Crippen LogP contribution >= 0.6 is 14.5 Å². The third-order valence-corrected chi connectivity index (χ3v) is 14.6. The van der Waals surface area contributed by atoms with Gasteiger partial charge in [0.05, 0.1) is 11.4 Å². The molecule has 0 aliphatic rings. The molecular weight excluding hydrogens is 1220 g/mol. The van der Waals surface area contributed by atoms with E-state index in [9.17, 15) is 0 Å². The molecule has 8 aromatic rings. The average Bonchev–Trinajstić information content (AvgIpc) is 3.32. The van der Waals surface area contributed by atoms with Gasteiger partial charge >= 0.3 is 0 Å². The first kappa shape index (κ1) is 53.8. The van der Waals surface area contributed by atoms with Crippen LogP contribution in [0, 0.1) is 26.7 Å². The fourth-order valence-corrected chi connectivity index (χ4v) is 9.75. The van der Waals surface area contributed by atoms with Crippen LogP contribution in [-0.2, 0) is 70.0 Å². The van der Waals surface area contributed by atoms with Crippen molar-refractivity contribution in [3.8, 4) is 0 Å². The van der Waals surface area contributed by atoms with Crippen molar-refractivity contribution in [2.45, 2.75) is 0 Å². The van der Waals surface area contributed by atoms with E-state index in [2.05, 4.69) is 95.8 Å². The maximum atomic E-state index is 5.14. The zero-order valence-electron chi connectivity index (χ0n) is 35.1. The zero-order chi connectivity index (χ0) is 43.9. The van der Waals surface area contributed by atoms with Crippen LogP contribution in [-0.4, -0.2) is 10.3 Å². The van der Waals surface area contributed by atoms with Gasteiger partial charge in [-0.2, -0.15) is 41.2 Å². The van der Waals surface area contributed by atoms with Gasteiger partial charge in [0.25, 0.3) is 0 Å². The molecule has 0 amide bonds. The van der Waals surface area contributed by atoms with Gasteiger partial charge in [0.2, 0.25) is 0 Å². The van der Waals surface area contributed by atoms with Crippen molar-refractivity contribution in [1.29, 1.82) is 0 Å². The van der Waals surface area contributed by atoms with E-state index in [1.54, 1.807) is 0 Å². The Labute approximate surface area is 425 Å². The summed E-state index contributed by atoms with van der Waals surface area (Å²) >= 11 is 10.3. The topological polar surface area (TPSA) is 48.8 Å². The second-order valence-corrected chi connectivity index (χ2v) is 20.5. The van der Waals surface area contributed by atoms with Gasteiger partial charge in [-0.1, -0.05) is 146 Å². The first-order chi connectivity index (χ1) is 30.1. The van der Waals surface area contributed by atoms with Crippen molar-refractivity contribution in [3.05, 3.63) is 269 Å². The molecule has 0 bridgehead atoms. The van der Waals surface area contributed by atoms with E-state index in [0.717, 1.165) is 22.7 Å². The first-order valence-electron chi connectivity index (χ1n) is 19.7. The van der Waals surface area contributed by atoms with Gasteiger partial charge < -0.3 is 35.9 Å². The molecule has 8 rings (SSSR count). The van der Waals surface area contributed by atoms with Crippen LogP contribution < -0.4 is 31.9 Å². The van der Waals surface area contributed by atoms with Crippen molar-refractivity contribution < 1.29 is 44.8 Å². The minimum atomic E-state index is -1.65. The molecule has 4 nitrogen and oxygen atoms in total. The Morgan fingerprint density at radius 1 is 0.312 bits per heavy atom. The van der Waals surface area contributed by atoms with Crippen molar-refractivity contribution in [1.82, 2.24) is 0 Å². The van der Waals surface area contributed by atoms with Crippen molar-refractivity contribution in [2.24, 2.45) is 9.98 Å². The fraction of sp³-hybridized carbons (Fsp3) is 0. The Hall–Kier alpha value is -4.52. The monoisotopic (exact) mass is 1270 g/mol. The zero-order valence-corrected chi connectivity index (χ0v) is 42.9. The second kappa shape index (κ2) is 29.1. The predicted molar refractivity (Wildman–Crippen MR) is 282 cm³/mol. The standard InChI is InChI=1S/2C14H14P.2C13H12N2S.2Au/c2*1-15(2,13-9-5-3-6-10-13)14-11-7-4-8-12-14;2*16-13(14-11-7-3-1-4-8-11)15-12-9-5-2-6-10-12;;/h2*3-12H,1-2H2;2*1-10H,(H2,14,15,16);;/q2*-1;;;;/p-2. The maximum Gasteiger partial charge on any atom is 0.0628 e. The molecule has 0 heterocycles. The Kier molecular flexibility index (Phi) is 24.5. The molecule has 0 fully saturated rings. The third kappa shape index (κ3) is 18.5. The summed E-state index contributed by atoms with van der Waals surface area (Å²) in [6.07, 6.45) is 0. The fourth-order valence-electron chi connectivity index (χ4n) is 5.74. The van der Waals surface area contributed by atoms with E-state index < -0.39 is 14.5 Å². The number of hydrogen-bond donors (Lipinski definition) is 2. The number of nitrogens with one attached hydrogen (secondary N) is 2. The summed E-state index contributed by atoms with van der Waals surface area (Å²) in [4.78, 5) is 8.55. The number of nitrogens with zero attached hydrogens (tertiary/aromatic N) is 2. The number of aliphatic imine (C=N–C) groups is 2. The van der Waals surface area contributed by atoms with Crippen LogP contribution in [0.3, 0.4) is 0 Å². The minimum Gasteiger partial charge on any atom is -0.742 e. The quantitative estimate of drug-likeness (QED) is 0.0398. The normalized spacial score (nSPS) is 10.9. The SMILES string of the molecule is [Au].[Au].[CH2-][P+]([CH2-])(c1ccccc1)c1ccccc1.[CH2-][P+]([CH2-])(c1ccccc1)c1ccccc1.[S-]C(=Nc1ccccc1)Nc1ccccc1.[S-]C(=Nc1ccccc1)Nc1ccccc1. The second-order valence-electron chi connectivity index (χ2n) is 13.8. The molecule has 0 unspecified atom stereocenters. The third-order valence-electron chi connectivity index (χ3n) is 9.03. The Morgan fingerprint density at radius 2 is 0.500 bits per heavy atom. The molecule has 0 aromatic heterocycles. The van der Waals surface area contributed by atoms with Gasteiger partial charge in [0, 0.05) is 77.4 Å². The molecule has 0 aliphatic heterocycles. The molecule has 8 aromatic carbocycles. The first-order valence-corrected chi connectivity index (χ1v) is 24.9. The van der Waals surface area contributed by atoms with Gasteiger partial charge in [-0.25, -0.2) is 0 Å². The van der Waals surface area contributed by atoms with Gasteiger partial charge in [-0.15, -0.1) is 0 Å². The minimum absolute atomic E-state index is 0. The van der Waals surface area contributed by atoms with Crippen molar-refractivity contribution in [3.63, 3.8) is 0 Å². The van der Waals surface area contributed by atoms with E-state index in [4.69, 9.17) is 25.3 Å². The molecule has 0 saturated carbocycles. The van der Waals surface area contributed by atoms with Crippen LogP contribution in [0.2, 0.25) is 0 Å². The summed E-state index contributed by atoms with van der Waals surface area (Å²) in [6, 6.07) is 80.2. The molecule has 0 saturated heterocycles. The number of benzene rings is 8. The summed E-state index contributed by atoms with van der Waals surface area (Å²) in [5.74, 6) is 0. The summed E-state index contributed by atoms with van der Waals surface area (Å²) in [5, 5.41) is 12.0. The van der Waals surface area contributed by atoms with Gasteiger partial charge in [-0.05, 0) is 107 Å². The van der Waals surface area contributed by atoms with Crippen LogP contribution in [0.15, 0.2) is 253 Å². The van der Waals surface area contributed by atoms with Gasteiger partial charge in [0.15, 0.2) is 0 Å². The van der Waals surface area contributed by atoms with Crippen LogP contribution in [0.5, 0.6) is 0 Å². The summed E-state index contributed by atoms with van der Waals surface area (Å²) in [5.41, 5.74) is 3.62. The smallest absolute Gasteiger partial charge is 0.0628 e. The summed E-state index contributed by atoms with van der Waals surface area (Å²) in [7, 11) is -3.29. The molecule has 2 N–H and O–H groups in total. The van der Waals surface area contributed by atoms with E-state index >= 15 is 0 Å². The average molecular weight is 1280 g/mol. The Balaban J connectivity index is 0.000000225. The number of amidine groups is 2.